The van der Waals surface area contributed by atoms with Gasteiger partial charge in [-0.1, -0.05) is 36.5 Å². The molecular weight excluding hydrogens is 256 g/mol. The van der Waals surface area contributed by atoms with Gasteiger partial charge in [-0.2, -0.15) is 0 Å². The fourth-order valence-corrected chi connectivity index (χ4v) is 2.75. The lowest BCUT2D eigenvalue weighted by Gasteiger charge is -2.27. The van der Waals surface area contributed by atoms with Crippen LogP contribution in [-0.2, 0) is 11.3 Å². The number of hydrogen-bond acceptors (Lipinski definition) is 3. The first-order valence-electron chi connectivity index (χ1n) is 6.84. The van der Waals surface area contributed by atoms with E-state index in [4.69, 9.17) is 22.7 Å². The number of thiocarbonyl (C=S) groups is 1. The molecule has 4 heteroatoms. The van der Waals surface area contributed by atoms with E-state index in [0.29, 0.717) is 11.1 Å². The highest BCUT2D eigenvalue weighted by Crippen LogP contribution is 2.16. The second-order valence-electron chi connectivity index (χ2n) is 5.21. The molecule has 0 radical (unpaired) electrons. The molecule has 1 aromatic carbocycles. The molecule has 0 saturated carbocycles. The molecule has 0 aromatic heterocycles. The number of rotatable bonds is 5. The fourth-order valence-electron chi connectivity index (χ4n) is 2.55. The van der Waals surface area contributed by atoms with Crippen LogP contribution in [-0.4, -0.2) is 36.2 Å². The van der Waals surface area contributed by atoms with Gasteiger partial charge in [0.2, 0.25) is 0 Å². The average molecular weight is 278 g/mol. The molecule has 19 heavy (non-hydrogen) atoms. The lowest BCUT2D eigenvalue weighted by atomic mass is 10.1. The third-order valence-electron chi connectivity index (χ3n) is 3.51. The van der Waals surface area contributed by atoms with Crippen LogP contribution in [0.5, 0.6) is 0 Å². The van der Waals surface area contributed by atoms with Crippen LogP contribution in [0.3, 0.4) is 0 Å². The highest BCUT2D eigenvalue weighted by molar-refractivity contribution is 7.80. The molecule has 1 fully saturated rings. The molecule has 1 aliphatic heterocycles. The monoisotopic (exact) mass is 278 g/mol. The van der Waals surface area contributed by atoms with Crippen LogP contribution >= 0.6 is 12.2 Å². The first kappa shape index (κ1) is 14.4. The van der Waals surface area contributed by atoms with Crippen molar-refractivity contribution in [3.63, 3.8) is 0 Å². The third kappa shape index (κ3) is 4.27. The van der Waals surface area contributed by atoms with Crippen LogP contribution in [0.4, 0.5) is 0 Å². The summed E-state index contributed by atoms with van der Waals surface area (Å²) in [6.45, 7) is 2.72. The first-order valence-corrected chi connectivity index (χ1v) is 7.25. The van der Waals surface area contributed by atoms with Crippen molar-refractivity contribution in [2.75, 3.05) is 20.2 Å². The highest BCUT2D eigenvalue weighted by Gasteiger charge is 2.16. The summed E-state index contributed by atoms with van der Waals surface area (Å²) < 4.78 is 5.77. The van der Waals surface area contributed by atoms with E-state index in [-0.39, 0.29) is 0 Å². The summed E-state index contributed by atoms with van der Waals surface area (Å²) in [5.74, 6) is 0. The van der Waals surface area contributed by atoms with Crippen LogP contribution in [0.1, 0.15) is 30.4 Å². The third-order valence-corrected chi connectivity index (χ3v) is 3.73. The standard InChI is InChI=1S/C15H22N2OS/c1-17(11-13-7-4-5-9-18-13)10-12-6-2-3-8-14(12)15(16)19/h2-3,6,8,13H,4-5,7,9-11H2,1H3,(H2,16,19). The Hall–Kier alpha value is -0.970. The van der Waals surface area contributed by atoms with Crippen LogP contribution < -0.4 is 5.73 Å². The van der Waals surface area contributed by atoms with Gasteiger partial charge in [0, 0.05) is 25.3 Å². The SMILES string of the molecule is CN(Cc1ccccc1C(N)=S)CC1CCCCO1. The molecule has 2 N–H and O–H groups in total. The predicted molar refractivity (Wildman–Crippen MR) is 82.3 cm³/mol. The molecular formula is C15H22N2OS. The summed E-state index contributed by atoms with van der Waals surface area (Å²) in [5, 5.41) is 0. The minimum atomic E-state index is 0.371. The Morgan fingerprint density at radius 3 is 2.89 bits per heavy atom. The van der Waals surface area contributed by atoms with Gasteiger partial charge in [0.05, 0.1) is 6.10 Å². The van der Waals surface area contributed by atoms with Gasteiger partial charge in [-0.15, -0.1) is 0 Å². The Labute approximate surface area is 120 Å². The minimum absolute atomic E-state index is 0.371. The van der Waals surface area contributed by atoms with E-state index in [1.165, 1.54) is 24.8 Å². The van der Waals surface area contributed by atoms with E-state index in [2.05, 4.69) is 18.0 Å². The summed E-state index contributed by atoms with van der Waals surface area (Å²) in [5.41, 5.74) is 7.93. The van der Waals surface area contributed by atoms with Gasteiger partial charge in [0.25, 0.3) is 0 Å². The van der Waals surface area contributed by atoms with Gasteiger partial charge >= 0.3 is 0 Å². The Kier molecular flexibility index (Phi) is 5.31. The van der Waals surface area contributed by atoms with Crippen molar-refractivity contribution in [1.82, 2.24) is 4.90 Å². The molecule has 1 atom stereocenters. The number of ether oxygens (including phenoxy) is 1. The van der Waals surface area contributed by atoms with E-state index < -0.39 is 0 Å². The summed E-state index contributed by atoms with van der Waals surface area (Å²) in [4.78, 5) is 2.76. The quantitative estimate of drug-likeness (QED) is 0.839. The molecule has 0 spiro atoms. The maximum absolute atomic E-state index is 5.77. The topological polar surface area (TPSA) is 38.5 Å². The molecule has 2 rings (SSSR count). The molecule has 1 aliphatic rings. The Bertz CT molecular complexity index is 430. The van der Waals surface area contributed by atoms with Gasteiger partial charge in [-0.3, -0.25) is 4.90 Å². The Morgan fingerprint density at radius 2 is 2.21 bits per heavy atom. The van der Waals surface area contributed by atoms with Gasteiger partial charge in [0.1, 0.15) is 4.99 Å². The first-order chi connectivity index (χ1) is 9.16. The Balaban J connectivity index is 1.94. The van der Waals surface area contributed by atoms with Crippen molar-refractivity contribution in [2.45, 2.75) is 31.9 Å². The van der Waals surface area contributed by atoms with Gasteiger partial charge in [0.15, 0.2) is 0 Å². The smallest absolute Gasteiger partial charge is 0.104 e. The van der Waals surface area contributed by atoms with Gasteiger partial charge < -0.3 is 10.5 Å². The van der Waals surface area contributed by atoms with Crippen molar-refractivity contribution in [2.24, 2.45) is 5.73 Å². The van der Waals surface area contributed by atoms with E-state index in [1.54, 1.807) is 0 Å². The lowest BCUT2D eigenvalue weighted by Crippen LogP contribution is -2.33. The molecule has 3 nitrogen and oxygen atoms in total. The second kappa shape index (κ2) is 6.98. The number of nitrogens with two attached hydrogens (primary N) is 1. The average Bonchev–Trinajstić information content (AvgIpc) is 2.40. The minimum Gasteiger partial charge on any atom is -0.389 e. The van der Waals surface area contributed by atoms with E-state index in [0.717, 1.165) is 25.3 Å². The Morgan fingerprint density at radius 1 is 1.42 bits per heavy atom. The maximum atomic E-state index is 5.77. The summed E-state index contributed by atoms with van der Waals surface area (Å²) in [7, 11) is 2.12. The normalized spacial score (nSPS) is 19.6. The molecule has 0 amide bonds. The largest absolute Gasteiger partial charge is 0.389 e. The van der Waals surface area contributed by atoms with Crippen molar-refractivity contribution in [3.8, 4) is 0 Å². The van der Waals surface area contributed by atoms with E-state index in [9.17, 15) is 0 Å². The zero-order valence-electron chi connectivity index (χ0n) is 11.5. The van der Waals surface area contributed by atoms with Crippen molar-refractivity contribution < 1.29 is 4.74 Å². The lowest BCUT2D eigenvalue weighted by molar-refractivity contribution is -0.00259. The molecule has 0 bridgehead atoms. The summed E-state index contributed by atoms with van der Waals surface area (Å²) >= 11 is 5.10. The van der Waals surface area contributed by atoms with Crippen molar-refractivity contribution in [3.05, 3.63) is 35.4 Å². The molecule has 1 saturated heterocycles. The zero-order chi connectivity index (χ0) is 13.7. The maximum Gasteiger partial charge on any atom is 0.104 e. The second-order valence-corrected chi connectivity index (χ2v) is 5.65. The zero-order valence-corrected chi connectivity index (χ0v) is 12.3. The van der Waals surface area contributed by atoms with Crippen LogP contribution in [0.15, 0.2) is 24.3 Å². The van der Waals surface area contributed by atoms with Crippen LogP contribution in [0.2, 0.25) is 0 Å². The van der Waals surface area contributed by atoms with Gasteiger partial charge in [-0.05, 0) is 31.9 Å². The van der Waals surface area contributed by atoms with Crippen molar-refractivity contribution >= 4 is 17.2 Å². The number of hydrogen-bond donors (Lipinski definition) is 1. The molecule has 1 aromatic rings. The number of nitrogens with zero attached hydrogens (tertiary/aromatic N) is 1. The van der Waals surface area contributed by atoms with Crippen LogP contribution in [0.25, 0.3) is 0 Å². The van der Waals surface area contributed by atoms with Gasteiger partial charge in [-0.25, -0.2) is 0 Å². The van der Waals surface area contributed by atoms with E-state index >= 15 is 0 Å². The van der Waals surface area contributed by atoms with Crippen LogP contribution in [0, 0.1) is 0 Å². The number of benzene rings is 1. The number of likely N-dealkylation sites (N-methyl/N-ethyl adjacent to an activating group) is 1. The fraction of sp³-hybridized carbons (Fsp3) is 0.533. The van der Waals surface area contributed by atoms with E-state index in [1.807, 2.05) is 18.2 Å². The molecule has 104 valence electrons. The molecule has 1 heterocycles. The molecule has 1 unspecified atom stereocenters. The predicted octanol–water partition coefficient (Wildman–Crippen LogP) is 2.32. The molecule has 0 aliphatic carbocycles. The van der Waals surface area contributed by atoms with Crippen molar-refractivity contribution in [1.29, 1.82) is 0 Å². The summed E-state index contributed by atoms with van der Waals surface area (Å²) in [6.07, 6.45) is 4.02. The highest BCUT2D eigenvalue weighted by atomic mass is 32.1. The summed E-state index contributed by atoms with van der Waals surface area (Å²) in [6, 6.07) is 8.08.